The lowest BCUT2D eigenvalue weighted by molar-refractivity contribution is -0.112. The molecule has 2 nitrogen and oxygen atoms in total. The van der Waals surface area contributed by atoms with E-state index in [1.807, 2.05) is 12.1 Å². The van der Waals surface area contributed by atoms with Gasteiger partial charge in [0, 0.05) is 17.6 Å². The maximum Gasteiger partial charge on any atom is 0.259 e. The summed E-state index contributed by atoms with van der Waals surface area (Å²) >= 11 is 12.0. The summed E-state index contributed by atoms with van der Waals surface area (Å²) in [6.45, 7) is 5.44. The van der Waals surface area contributed by atoms with Crippen LogP contribution in [0.3, 0.4) is 0 Å². The highest BCUT2D eigenvalue weighted by Gasteiger charge is 2.33. The molecule has 0 saturated heterocycles. The van der Waals surface area contributed by atoms with Gasteiger partial charge in [0.05, 0.1) is 16.3 Å². The van der Waals surface area contributed by atoms with Crippen LogP contribution in [0.5, 0.6) is 0 Å². The Kier molecular flexibility index (Phi) is 3.02. The normalized spacial score (nSPS) is 17.2. The van der Waals surface area contributed by atoms with Crippen LogP contribution >= 0.6 is 23.2 Å². The zero-order valence-electron chi connectivity index (χ0n) is 9.55. The molecule has 2 rings (SSSR count). The Labute approximate surface area is 110 Å². The lowest BCUT2D eigenvalue weighted by atomic mass is 10.0. The number of halogens is 2. The third-order valence-corrected chi connectivity index (χ3v) is 3.48. The van der Waals surface area contributed by atoms with E-state index in [4.69, 9.17) is 23.2 Å². The molecule has 0 spiro atoms. The molecule has 0 radical (unpaired) electrons. The molecular weight excluding hydrogens is 257 g/mol. The molecule has 88 valence electrons. The van der Waals surface area contributed by atoms with Crippen LogP contribution in [0.4, 0.5) is 5.69 Å². The second-order valence-corrected chi connectivity index (χ2v) is 4.77. The average molecular weight is 268 g/mol. The molecule has 1 aliphatic rings. The molecule has 0 N–H and O–H groups in total. The standard InChI is InChI=1S/C13H11Cl2NO/c1-7(8(2)14)11-9-5-4-6-10(15)12(9)16(3)13(11)17/h4-6H,2H2,1,3H3/b11-7-. The quantitative estimate of drug-likeness (QED) is 0.708. The molecule has 0 saturated carbocycles. The minimum absolute atomic E-state index is 0.104. The highest BCUT2D eigenvalue weighted by Crippen LogP contribution is 2.42. The first-order valence-corrected chi connectivity index (χ1v) is 5.83. The maximum atomic E-state index is 12.2. The lowest BCUT2D eigenvalue weighted by Crippen LogP contribution is -2.21. The molecule has 0 atom stereocenters. The van der Waals surface area contributed by atoms with E-state index in [1.165, 1.54) is 4.90 Å². The van der Waals surface area contributed by atoms with Crippen molar-refractivity contribution in [2.45, 2.75) is 6.92 Å². The first-order chi connectivity index (χ1) is 7.95. The summed E-state index contributed by atoms with van der Waals surface area (Å²) in [5.74, 6) is -0.104. The fourth-order valence-corrected chi connectivity index (χ4v) is 2.34. The average Bonchev–Trinajstić information content (AvgIpc) is 2.52. The van der Waals surface area contributed by atoms with Gasteiger partial charge in [-0.05, 0) is 18.6 Å². The minimum Gasteiger partial charge on any atom is -0.309 e. The number of anilines is 1. The Balaban J connectivity index is 2.77. The Morgan fingerprint density at radius 3 is 2.65 bits per heavy atom. The molecule has 1 aromatic carbocycles. The predicted molar refractivity (Wildman–Crippen MR) is 72.4 cm³/mol. The van der Waals surface area contributed by atoms with Gasteiger partial charge in [-0.25, -0.2) is 0 Å². The van der Waals surface area contributed by atoms with E-state index >= 15 is 0 Å². The van der Waals surface area contributed by atoms with Crippen molar-refractivity contribution in [3.63, 3.8) is 0 Å². The van der Waals surface area contributed by atoms with Gasteiger partial charge in [-0.1, -0.05) is 41.9 Å². The van der Waals surface area contributed by atoms with Crippen LogP contribution < -0.4 is 4.90 Å². The third-order valence-electron chi connectivity index (χ3n) is 2.89. The van der Waals surface area contributed by atoms with Crippen LogP contribution in [0.25, 0.3) is 5.57 Å². The number of carbonyl (C=O) groups is 1. The number of para-hydroxylation sites is 1. The Morgan fingerprint density at radius 1 is 1.41 bits per heavy atom. The number of allylic oxidation sites excluding steroid dienone is 2. The number of hydrogen-bond acceptors (Lipinski definition) is 1. The van der Waals surface area contributed by atoms with Gasteiger partial charge in [-0.3, -0.25) is 4.79 Å². The van der Waals surface area contributed by atoms with Crippen molar-refractivity contribution in [3.8, 4) is 0 Å². The van der Waals surface area contributed by atoms with Gasteiger partial charge < -0.3 is 4.90 Å². The lowest BCUT2D eigenvalue weighted by Gasteiger charge is -2.10. The van der Waals surface area contributed by atoms with Crippen molar-refractivity contribution in [1.29, 1.82) is 0 Å². The summed E-state index contributed by atoms with van der Waals surface area (Å²) < 4.78 is 0. The van der Waals surface area contributed by atoms with Crippen molar-refractivity contribution in [3.05, 3.63) is 46.0 Å². The van der Waals surface area contributed by atoms with Crippen molar-refractivity contribution in [2.24, 2.45) is 0 Å². The van der Waals surface area contributed by atoms with Gasteiger partial charge in [0.25, 0.3) is 5.91 Å². The Hall–Kier alpha value is -1.25. The molecule has 1 aromatic rings. The zero-order valence-corrected chi connectivity index (χ0v) is 11.1. The summed E-state index contributed by atoms with van der Waals surface area (Å²) in [6, 6.07) is 5.44. The van der Waals surface area contributed by atoms with Gasteiger partial charge >= 0.3 is 0 Å². The first-order valence-electron chi connectivity index (χ1n) is 5.07. The van der Waals surface area contributed by atoms with E-state index in [0.29, 0.717) is 21.2 Å². The van der Waals surface area contributed by atoms with Crippen LogP contribution in [0.2, 0.25) is 5.02 Å². The molecule has 1 heterocycles. The largest absolute Gasteiger partial charge is 0.309 e. The van der Waals surface area contributed by atoms with Crippen LogP contribution in [0.15, 0.2) is 35.4 Å². The number of hydrogen-bond donors (Lipinski definition) is 0. The third kappa shape index (κ3) is 1.78. The fourth-order valence-electron chi connectivity index (χ4n) is 1.94. The number of rotatable bonds is 1. The predicted octanol–water partition coefficient (Wildman–Crippen LogP) is 3.84. The minimum atomic E-state index is -0.104. The number of nitrogens with zero attached hydrogens (tertiary/aromatic N) is 1. The molecule has 0 aliphatic carbocycles. The number of carbonyl (C=O) groups excluding carboxylic acids is 1. The van der Waals surface area contributed by atoms with E-state index < -0.39 is 0 Å². The van der Waals surface area contributed by atoms with E-state index in [2.05, 4.69) is 6.58 Å². The molecule has 0 aromatic heterocycles. The van der Waals surface area contributed by atoms with E-state index in [9.17, 15) is 4.79 Å². The summed E-state index contributed by atoms with van der Waals surface area (Å²) in [5.41, 5.74) is 2.80. The maximum absolute atomic E-state index is 12.2. The van der Waals surface area contributed by atoms with E-state index in [0.717, 1.165) is 11.3 Å². The van der Waals surface area contributed by atoms with Crippen molar-refractivity contribution >= 4 is 40.4 Å². The SMILES string of the molecule is C=C(Cl)/C(C)=C1\C(=O)N(C)c2c(Cl)cccc21. The van der Waals surface area contributed by atoms with Gasteiger partial charge in [0.1, 0.15) is 0 Å². The van der Waals surface area contributed by atoms with Gasteiger partial charge in [-0.15, -0.1) is 0 Å². The second kappa shape index (κ2) is 4.21. The van der Waals surface area contributed by atoms with E-state index in [-0.39, 0.29) is 5.91 Å². The Bertz CT molecular complexity index is 561. The van der Waals surface area contributed by atoms with Gasteiger partial charge in [0.15, 0.2) is 0 Å². The monoisotopic (exact) mass is 267 g/mol. The van der Waals surface area contributed by atoms with Crippen LogP contribution in [-0.4, -0.2) is 13.0 Å². The van der Waals surface area contributed by atoms with Gasteiger partial charge in [-0.2, -0.15) is 0 Å². The van der Waals surface area contributed by atoms with Crippen molar-refractivity contribution < 1.29 is 4.79 Å². The van der Waals surface area contributed by atoms with Crippen LogP contribution in [0, 0.1) is 0 Å². The molecule has 1 aliphatic heterocycles. The number of benzene rings is 1. The summed E-state index contributed by atoms with van der Waals surface area (Å²) in [4.78, 5) is 13.7. The smallest absolute Gasteiger partial charge is 0.259 e. The summed E-state index contributed by atoms with van der Waals surface area (Å²) in [7, 11) is 1.70. The molecule has 1 amide bonds. The molecular formula is C13H11Cl2NO. The van der Waals surface area contributed by atoms with Crippen LogP contribution in [-0.2, 0) is 4.79 Å². The topological polar surface area (TPSA) is 20.3 Å². The van der Waals surface area contributed by atoms with E-state index in [1.54, 1.807) is 20.0 Å². The number of likely N-dealkylation sites (N-methyl/N-ethyl adjacent to an activating group) is 1. The highest BCUT2D eigenvalue weighted by molar-refractivity contribution is 6.42. The van der Waals surface area contributed by atoms with Crippen molar-refractivity contribution in [2.75, 3.05) is 11.9 Å². The summed E-state index contributed by atoms with van der Waals surface area (Å²) in [5, 5.41) is 0.927. The first kappa shape index (κ1) is 12.2. The highest BCUT2D eigenvalue weighted by atomic mass is 35.5. The molecule has 17 heavy (non-hydrogen) atoms. The number of fused-ring (bicyclic) bond motifs is 1. The van der Waals surface area contributed by atoms with Crippen molar-refractivity contribution in [1.82, 2.24) is 0 Å². The number of amides is 1. The van der Waals surface area contributed by atoms with Crippen LogP contribution in [0.1, 0.15) is 12.5 Å². The second-order valence-electron chi connectivity index (χ2n) is 3.91. The van der Waals surface area contributed by atoms with Gasteiger partial charge in [0.2, 0.25) is 0 Å². The fraction of sp³-hybridized carbons (Fsp3) is 0.154. The zero-order chi connectivity index (χ0) is 12.7. The molecule has 0 unspecified atom stereocenters. The summed E-state index contributed by atoms with van der Waals surface area (Å²) in [6.07, 6.45) is 0. The molecule has 0 fully saturated rings. The molecule has 4 heteroatoms. The molecule has 0 bridgehead atoms. The Morgan fingerprint density at radius 2 is 2.06 bits per heavy atom.